The third-order valence-electron chi connectivity index (χ3n) is 5.66. The average Bonchev–Trinajstić information content (AvgIpc) is 3.45. The molecular formula is C20H22N6. The van der Waals surface area contributed by atoms with Crippen molar-refractivity contribution < 1.29 is 0 Å². The van der Waals surface area contributed by atoms with Gasteiger partial charge in [-0.15, -0.1) is 0 Å². The molecule has 5 rings (SSSR count). The summed E-state index contributed by atoms with van der Waals surface area (Å²) in [5.41, 5.74) is 3.31. The summed E-state index contributed by atoms with van der Waals surface area (Å²) in [6.45, 7) is 3.55. The molecule has 0 aromatic carbocycles. The molecule has 1 saturated heterocycles. The van der Waals surface area contributed by atoms with Gasteiger partial charge in [0.15, 0.2) is 0 Å². The summed E-state index contributed by atoms with van der Waals surface area (Å²) in [6, 6.07) is 5.92. The lowest BCUT2D eigenvalue weighted by atomic mass is 10.2. The first-order valence-corrected chi connectivity index (χ1v) is 9.58. The van der Waals surface area contributed by atoms with Gasteiger partial charge in [0.25, 0.3) is 0 Å². The van der Waals surface area contributed by atoms with E-state index in [4.69, 9.17) is 9.97 Å². The fraction of sp³-hybridized carbons (Fsp3) is 0.500. The Bertz CT molecular complexity index is 874. The maximum Gasteiger partial charge on any atom is 0.146 e. The van der Waals surface area contributed by atoms with E-state index in [9.17, 15) is 5.26 Å². The molecule has 1 saturated carbocycles. The average molecular weight is 346 g/mol. The highest BCUT2D eigenvalue weighted by molar-refractivity contribution is 5.56. The van der Waals surface area contributed by atoms with E-state index in [0.29, 0.717) is 11.5 Å². The van der Waals surface area contributed by atoms with Crippen molar-refractivity contribution in [3.63, 3.8) is 0 Å². The van der Waals surface area contributed by atoms with E-state index in [1.54, 1.807) is 6.20 Å². The predicted octanol–water partition coefficient (Wildman–Crippen LogP) is 2.44. The van der Waals surface area contributed by atoms with Gasteiger partial charge in [-0.05, 0) is 44.2 Å². The smallest absolute Gasteiger partial charge is 0.146 e. The van der Waals surface area contributed by atoms with E-state index in [-0.39, 0.29) is 0 Å². The molecule has 0 N–H and O–H groups in total. The lowest BCUT2D eigenvalue weighted by Gasteiger charge is -2.37. The number of pyridine rings is 1. The van der Waals surface area contributed by atoms with Crippen molar-refractivity contribution in [2.24, 2.45) is 0 Å². The number of fused-ring (bicyclic) bond motifs is 1. The number of nitrogens with zero attached hydrogens (tertiary/aromatic N) is 6. The molecule has 0 bridgehead atoms. The molecule has 2 fully saturated rings. The minimum Gasteiger partial charge on any atom is -0.353 e. The van der Waals surface area contributed by atoms with E-state index in [0.717, 1.165) is 50.7 Å². The van der Waals surface area contributed by atoms with Crippen LogP contribution in [0.25, 0.3) is 0 Å². The Kier molecular flexibility index (Phi) is 3.74. The molecule has 2 aliphatic carbocycles. The number of nitriles is 1. The fourth-order valence-corrected chi connectivity index (χ4v) is 4.08. The SMILES string of the molecule is N#Cc1cccnc1N1CCN(c2nc(C3CC3)nc3c2CCC3)CC1. The first kappa shape index (κ1) is 15.6. The monoisotopic (exact) mass is 346 g/mol. The molecule has 0 atom stereocenters. The number of anilines is 2. The minimum absolute atomic E-state index is 0.590. The van der Waals surface area contributed by atoms with E-state index in [2.05, 4.69) is 20.9 Å². The van der Waals surface area contributed by atoms with Gasteiger partial charge < -0.3 is 9.80 Å². The zero-order valence-electron chi connectivity index (χ0n) is 14.9. The summed E-state index contributed by atoms with van der Waals surface area (Å²) in [7, 11) is 0. The minimum atomic E-state index is 0.590. The van der Waals surface area contributed by atoms with Crippen LogP contribution in [0.15, 0.2) is 18.3 Å². The van der Waals surface area contributed by atoms with Gasteiger partial charge in [0.1, 0.15) is 23.5 Å². The van der Waals surface area contributed by atoms with Crippen molar-refractivity contribution in [1.29, 1.82) is 5.26 Å². The van der Waals surface area contributed by atoms with Gasteiger partial charge in [0.05, 0.1) is 5.56 Å². The lowest BCUT2D eigenvalue weighted by molar-refractivity contribution is 0.635. The lowest BCUT2D eigenvalue weighted by Crippen LogP contribution is -2.47. The van der Waals surface area contributed by atoms with Crippen LogP contribution in [0.3, 0.4) is 0 Å². The highest BCUT2D eigenvalue weighted by Gasteiger charge is 2.32. The molecule has 1 aliphatic heterocycles. The summed E-state index contributed by atoms with van der Waals surface area (Å²) < 4.78 is 0. The number of hydrogen-bond acceptors (Lipinski definition) is 6. The fourth-order valence-electron chi connectivity index (χ4n) is 4.08. The second-order valence-corrected chi connectivity index (χ2v) is 7.42. The van der Waals surface area contributed by atoms with Gasteiger partial charge in [0.2, 0.25) is 0 Å². The molecule has 3 heterocycles. The van der Waals surface area contributed by atoms with E-state index in [1.807, 2.05) is 12.1 Å². The Hall–Kier alpha value is -2.68. The van der Waals surface area contributed by atoms with Crippen LogP contribution >= 0.6 is 0 Å². The van der Waals surface area contributed by atoms with Gasteiger partial charge in [-0.25, -0.2) is 15.0 Å². The standard InChI is InChI=1S/C20H22N6/c21-13-15-3-2-8-22-19(15)25-9-11-26(12-10-25)20-16-4-1-5-17(16)23-18(24-20)14-6-7-14/h2-3,8,14H,1,4-7,9-12H2. The second-order valence-electron chi connectivity index (χ2n) is 7.42. The van der Waals surface area contributed by atoms with Crippen LogP contribution in [0, 0.1) is 11.3 Å². The van der Waals surface area contributed by atoms with E-state index < -0.39 is 0 Å². The van der Waals surface area contributed by atoms with Gasteiger partial charge in [-0.2, -0.15) is 5.26 Å². The number of aryl methyl sites for hydroxylation is 1. The molecule has 3 aliphatic rings. The molecule has 0 spiro atoms. The van der Waals surface area contributed by atoms with Crippen molar-refractivity contribution in [3.8, 4) is 6.07 Å². The maximum absolute atomic E-state index is 9.33. The van der Waals surface area contributed by atoms with Crippen molar-refractivity contribution in [2.75, 3.05) is 36.0 Å². The number of aromatic nitrogens is 3. The number of piperazine rings is 1. The maximum atomic E-state index is 9.33. The third kappa shape index (κ3) is 2.68. The van der Waals surface area contributed by atoms with Crippen LogP contribution in [-0.2, 0) is 12.8 Å². The van der Waals surface area contributed by atoms with Crippen molar-refractivity contribution in [2.45, 2.75) is 38.0 Å². The predicted molar refractivity (Wildman–Crippen MR) is 99.4 cm³/mol. The molecule has 0 radical (unpaired) electrons. The molecule has 26 heavy (non-hydrogen) atoms. The summed E-state index contributed by atoms with van der Waals surface area (Å²) in [6.07, 6.45) is 7.65. The Balaban J connectivity index is 1.38. The quantitative estimate of drug-likeness (QED) is 0.850. The largest absolute Gasteiger partial charge is 0.353 e. The Morgan fingerprint density at radius 1 is 1.00 bits per heavy atom. The molecular weight excluding hydrogens is 324 g/mol. The van der Waals surface area contributed by atoms with Gasteiger partial charge in [0, 0.05) is 49.6 Å². The topological polar surface area (TPSA) is 68.9 Å². The molecule has 0 unspecified atom stereocenters. The Morgan fingerprint density at radius 3 is 2.50 bits per heavy atom. The third-order valence-corrected chi connectivity index (χ3v) is 5.66. The Morgan fingerprint density at radius 2 is 1.77 bits per heavy atom. The van der Waals surface area contributed by atoms with E-state index >= 15 is 0 Å². The first-order valence-electron chi connectivity index (χ1n) is 9.58. The summed E-state index contributed by atoms with van der Waals surface area (Å²) >= 11 is 0. The molecule has 132 valence electrons. The second kappa shape index (κ2) is 6.24. The Labute approximate surface area is 153 Å². The summed E-state index contributed by atoms with van der Waals surface area (Å²) in [5.74, 6) is 3.64. The zero-order chi connectivity index (χ0) is 17.5. The van der Waals surface area contributed by atoms with E-state index in [1.165, 1.54) is 36.3 Å². The van der Waals surface area contributed by atoms with Crippen LogP contribution in [-0.4, -0.2) is 41.1 Å². The molecule has 0 amide bonds. The van der Waals surface area contributed by atoms with Crippen molar-refractivity contribution >= 4 is 11.6 Å². The van der Waals surface area contributed by atoms with Crippen LogP contribution < -0.4 is 9.80 Å². The van der Waals surface area contributed by atoms with Gasteiger partial charge >= 0.3 is 0 Å². The normalized spacial score (nSPS) is 19.3. The molecule has 6 heteroatoms. The van der Waals surface area contributed by atoms with Crippen LogP contribution in [0.2, 0.25) is 0 Å². The summed E-state index contributed by atoms with van der Waals surface area (Å²) in [5, 5.41) is 9.33. The van der Waals surface area contributed by atoms with Crippen molar-refractivity contribution in [3.05, 3.63) is 41.0 Å². The van der Waals surface area contributed by atoms with Crippen LogP contribution in [0.1, 0.15) is 47.8 Å². The zero-order valence-corrected chi connectivity index (χ0v) is 14.9. The highest BCUT2D eigenvalue weighted by Crippen LogP contribution is 2.40. The van der Waals surface area contributed by atoms with Crippen molar-refractivity contribution in [1.82, 2.24) is 15.0 Å². The van der Waals surface area contributed by atoms with Crippen LogP contribution in [0.4, 0.5) is 11.6 Å². The summed E-state index contributed by atoms with van der Waals surface area (Å²) in [4.78, 5) is 18.9. The highest BCUT2D eigenvalue weighted by atomic mass is 15.3. The van der Waals surface area contributed by atoms with Gasteiger partial charge in [-0.1, -0.05) is 0 Å². The van der Waals surface area contributed by atoms with Gasteiger partial charge in [-0.3, -0.25) is 0 Å². The number of hydrogen-bond donors (Lipinski definition) is 0. The molecule has 2 aromatic rings. The van der Waals surface area contributed by atoms with Crippen LogP contribution in [0.5, 0.6) is 0 Å². The molecule has 6 nitrogen and oxygen atoms in total. The molecule has 2 aromatic heterocycles. The first-order chi connectivity index (χ1) is 12.8. The number of rotatable bonds is 3.